The summed E-state index contributed by atoms with van der Waals surface area (Å²) in [5, 5.41) is 2.99. The normalized spacial score (nSPS) is 16.5. The van der Waals surface area contributed by atoms with E-state index in [2.05, 4.69) is 26.1 Å². The summed E-state index contributed by atoms with van der Waals surface area (Å²) in [6.45, 7) is 12.8. The van der Waals surface area contributed by atoms with Crippen molar-refractivity contribution in [3.05, 3.63) is 76.5 Å². The summed E-state index contributed by atoms with van der Waals surface area (Å²) in [5.74, 6) is 0.216. The number of likely N-dealkylation sites (N-methyl/N-ethyl adjacent to an activating group) is 1. The molecule has 0 radical (unpaired) electrons. The Morgan fingerprint density at radius 1 is 1.03 bits per heavy atom. The van der Waals surface area contributed by atoms with Crippen molar-refractivity contribution in [3.63, 3.8) is 0 Å². The van der Waals surface area contributed by atoms with Crippen LogP contribution in [0.4, 0.5) is 4.79 Å². The second-order valence-corrected chi connectivity index (χ2v) is 9.18. The van der Waals surface area contributed by atoms with Crippen LogP contribution >= 0.6 is 0 Å². The lowest BCUT2D eigenvalue weighted by atomic mass is 9.85. The Morgan fingerprint density at radius 2 is 1.67 bits per heavy atom. The van der Waals surface area contributed by atoms with E-state index in [-0.39, 0.29) is 24.7 Å². The smallest absolute Gasteiger partial charge is 0.338 e. The Balaban J connectivity index is 2.05. The third-order valence-corrected chi connectivity index (χ3v) is 5.76. The minimum atomic E-state index is -0.620. The Bertz CT molecular complexity index is 1020. The molecule has 1 aliphatic heterocycles. The van der Waals surface area contributed by atoms with Crippen LogP contribution in [0.2, 0.25) is 0 Å². The Morgan fingerprint density at radius 3 is 2.21 bits per heavy atom. The highest BCUT2D eigenvalue weighted by Crippen LogP contribution is 2.33. The number of hydrogen-bond acceptors (Lipinski definition) is 4. The molecule has 0 aromatic heterocycles. The van der Waals surface area contributed by atoms with E-state index in [4.69, 9.17) is 9.47 Å². The molecule has 0 saturated carbocycles. The first-order valence-electron chi connectivity index (χ1n) is 11.4. The molecule has 2 aromatic carbocycles. The first-order valence-corrected chi connectivity index (χ1v) is 11.4. The van der Waals surface area contributed by atoms with Gasteiger partial charge in [-0.25, -0.2) is 9.59 Å². The summed E-state index contributed by atoms with van der Waals surface area (Å²) in [4.78, 5) is 27.7. The molecule has 1 N–H and O–H groups in total. The van der Waals surface area contributed by atoms with Gasteiger partial charge in [0.25, 0.3) is 0 Å². The zero-order valence-corrected chi connectivity index (χ0v) is 20.4. The molecule has 0 fully saturated rings. The monoisotopic (exact) mass is 450 g/mol. The molecule has 6 nitrogen and oxygen atoms in total. The maximum atomic E-state index is 13.1. The Hall–Kier alpha value is -3.28. The van der Waals surface area contributed by atoms with Gasteiger partial charge in [0.15, 0.2) is 0 Å². The number of amides is 2. The summed E-state index contributed by atoms with van der Waals surface area (Å²) in [6, 6.07) is 14.8. The minimum Gasteiger partial charge on any atom is -0.487 e. The number of benzene rings is 2. The molecule has 176 valence electrons. The standard InChI is InChI=1S/C27H34N2O4/c1-7-29-22(17-33-21-15-9-18(3)10-16-21)23(25(30)32-8-2)24(28-26(29)31)19-11-13-20(14-12-19)27(4,5)6/h9-16,24H,7-8,17H2,1-6H3,(H,28,31). The number of aryl methyl sites for hydroxylation is 1. The molecule has 1 aliphatic rings. The maximum Gasteiger partial charge on any atom is 0.338 e. The second kappa shape index (κ2) is 10.1. The summed E-state index contributed by atoms with van der Waals surface area (Å²) in [6.07, 6.45) is 0. The van der Waals surface area contributed by atoms with Gasteiger partial charge in [-0.15, -0.1) is 0 Å². The van der Waals surface area contributed by atoms with Crippen LogP contribution in [0.5, 0.6) is 5.75 Å². The van der Waals surface area contributed by atoms with E-state index < -0.39 is 12.0 Å². The van der Waals surface area contributed by atoms with Crippen molar-refractivity contribution in [2.75, 3.05) is 19.8 Å². The SMILES string of the molecule is CCOC(=O)C1=C(COc2ccc(C)cc2)N(CC)C(=O)NC1c1ccc(C(C)(C)C)cc1. The van der Waals surface area contributed by atoms with Crippen LogP contribution in [0.1, 0.15) is 57.4 Å². The molecule has 0 saturated heterocycles. The highest BCUT2D eigenvalue weighted by atomic mass is 16.5. The summed E-state index contributed by atoms with van der Waals surface area (Å²) in [7, 11) is 0. The van der Waals surface area contributed by atoms with Gasteiger partial charge in [-0.2, -0.15) is 0 Å². The largest absolute Gasteiger partial charge is 0.487 e. The van der Waals surface area contributed by atoms with Crippen LogP contribution in [-0.2, 0) is 14.9 Å². The number of rotatable bonds is 7. The highest BCUT2D eigenvalue weighted by Gasteiger charge is 2.38. The van der Waals surface area contributed by atoms with Crippen molar-refractivity contribution >= 4 is 12.0 Å². The first kappa shape index (κ1) is 24.4. The van der Waals surface area contributed by atoms with Crippen molar-refractivity contribution in [3.8, 4) is 5.75 Å². The molecule has 0 spiro atoms. The lowest BCUT2D eigenvalue weighted by molar-refractivity contribution is -0.139. The van der Waals surface area contributed by atoms with Crippen molar-refractivity contribution < 1.29 is 19.1 Å². The zero-order valence-electron chi connectivity index (χ0n) is 20.4. The predicted molar refractivity (Wildman–Crippen MR) is 129 cm³/mol. The molecule has 3 rings (SSSR count). The van der Waals surface area contributed by atoms with Gasteiger partial charge in [-0.05, 0) is 49.4 Å². The Labute approximate surface area is 196 Å². The van der Waals surface area contributed by atoms with Crippen LogP contribution in [-0.4, -0.2) is 36.7 Å². The van der Waals surface area contributed by atoms with Crippen LogP contribution in [0, 0.1) is 6.92 Å². The van der Waals surface area contributed by atoms with E-state index >= 15 is 0 Å². The van der Waals surface area contributed by atoms with Gasteiger partial charge in [-0.1, -0.05) is 62.7 Å². The number of hydrogen-bond donors (Lipinski definition) is 1. The fraction of sp³-hybridized carbons (Fsp3) is 0.407. The molecule has 2 aromatic rings. The van der Waals surface area contributed by atoms with Crippen molar-refractivity contribution in [2.24, 2.45) is 0 Å². The van der Waals surface area contributed by atoms with E-state index in [1.165, 1.54) is 5.56 Å². The number of carbonyl (C=O) groups is 2. The van der Waals surface area contributed by atoms with Crippen LogP contribution < -0.4 is 10.1 Å². The number of nitrogens with zero attached hydrogens (tertiary/aromatic N) is 1. The fourth-order valence-electron chi connectivity index (χ4n) is 3.85. The molecule has 33 heavy (non-hydrogen) atoms. The molecule has 0 aliphatic carbocycles. The van der Waals surface area contributed by atoms with Crippen molar-refractivity contribution in [1.82, 2.24) is 10.2 Å². The topological polar surface area (TPSA) is 67.9 Å². The third kappa shape index (κ3) is 5.56. The molecule has 6 heteroatoms. The van der Waals surface area contributed by atoms with Crippen molar-refractivity contribution in [2.45, 2.75) is 53.0 Å². The average molecular weight is 451 g/mol. The van der Waals surface area contributed by atoms with Gasteiger partial charge in [0.05, 0.1) is 23.9 Å². The summed E-state index contributed by atoms with van der Waals surface area (Å²) in [5.41, 5.74) is 4.04. The second-order valence-electron chi connectivity index (χ2n) is 9.18. The van der Waals surface area contributed by atoms with Crippen molar-refractivity contribution in [1.29, 1.82) is 0 Å². The van der Waals surface area contributed by atoms with Crippen LogP contribution in [0.3, 0.4) is 0 Å². The van der Waals surface area contributed by atoms with Crippen LogP contribution in [0.25, 0.3) is 0 Å². The fourth-order valence-corrected chi connectivity index (χ4v) is 3.85. The maximum absolute atomic E-state index is 13.1. The molecule has 1 atom stereocenters. The summed E-state index contributed by atoms with van der Waals surface area (Å²) < 4.78 is 11.4. The van der Waals surface area contributed by atoms with E-state index in [9.17, 15) is 9.59 Å². The summed E-state index contributed by atoms with van der Waals surface area (Å²) >= 11 is 0. The van der Waals surface area contributed by atoms with Gasteiger partial charge in [0.2, 0.25) is 0 Å². The third-order valence-electron chi connectivity index (χ3n) is 5.76. The highest BCUT2D eigenvalue weighted by molar-refractivity contribution is 5.95. The van der Waals surface area contributed by atoms with E-state index in [1.807, 2.05) is 62.4 Å². The molecule has 1 heterocycles. The predicted octanol–water partition coefficient (Wildman–Crippen LogP) is 5.27. The molecule has 1 unspecified atom stereocenters. The number of ether oxygens (including phenoxy) is 2. The van der Waals surface area contributed by atoms with Gasteiger partial charge >= 0.3 is 12.0 Å². The lowest BCUT2D eigenvalue weighted by Crippen LogP contribution is -2.49. The van der Waals surface area contributed by atoms with Gasteiger partial charge < -0.3 is 14.8 Å². The number of urea groups is 1. The molecule has 0 bridgehead atoms. The lowest BCUT2D eigenvalue weighted by Gasteiger charge is -2.36. The quantitative estimate of drug-likeness (QED) is 0.583. The molecular weight excluding hydrogens is 416 g/mol. The van der Waals surface area contributed by atoms with Gasteiger partial charge in [0, 0.05) is 6.54 Å². The van der Waals surface area contributed by atoms with Gasteiger partial charge in [0.1, 0.15) is 12.4 Å². The number of carbonyl (C=O) groups excluding carboxylic acids is 2. The number of nitrogens with one attached hydrogen (secondary N) is 1. The zero-order chi connectivity index (χ0) is 24.2. The average Bonchev–Trinajstić information content (AvgIpc) is 2.78. The van der Waals surface area contributed by atoms with E-state index in [0.717, 1.165) is 11.1 Å². The minimum absolute atomic E-state index is 0.000200. The van der Waals surface area contributed by atoms with E-state index in [1.54, 1.807) is 11.8 Å². The van der Waals surface area contributed by atoms with E-state index in [0.29, 0.717) is 23.6 Å². The van der Waals surface area contributed by atoms with Crippen LogP contribution in [0.15, 0.2) is 59.8 Å². The number of esters is 1. The Kier molecular flexibility index (Phi) is 7.46. The molecule has 2 amide bonds. The molecular formula is C27H34N2O4. The first-order chi connectivity index (χ1) is 15.7. The van der Waals surface area contributed by atoms with Gasteiger partial charge in [-0.3, -0.25) is 4.90 Å².